The lowest BCUT2D eigenvalue weighted by atomic mass is 9.97. The van der Waals surface area contributed by atoms with Gasteiger partial charge in [-0.15, -0.1) is 0 Å². The number of carbonyl (C=O) groups excluding carboxylic acids is 1. The number of amides is 1. The minimum Gasteiger partial charge on any atom is -0.441 e. The molecule has 3 N–H and O–H groups in total. The fourth-order valence-electron chi connectivity index (χ4n) is 4.22. The van der Waals surface area contributed by atoms with Crippen molar-refractivity contribution in [2.45, 2.75) is 20.8 Å². The Balaban J connectivity index is 1.63. The summed E-state index contributed by atoms with van der Waals surface area (Å²) in [4.78, 5) is 25.3. The van der Waals surface area contributed by atoms with E-state index in [2.05, 4.69) is 26.8 Å². The van der Waals surface area contributed by atoms with Crippen LogP contribution in [0, 0.1) is 13.8 Å². The van der Waals surface area contributed by atoms with Crippen LogP contribution < -0.4 is 11.1 Å². The summed E-state index contributed by atoms with van der Waals surface area (Å²) in [5, 5.41) is 3.62. The van der Waals surface area contributed by atoms with Crippen molar-refractivity contribution in [3.05, 3.63) is 78.5 Å². The highest BCUT2D eigenvalue weighted by Crippen LogP contribution is 2.42. The number of aryl methyl sites for hydroxylation is 3. The molecule has 0 atom stereocenters. The van der Waals surface area contributed by atoms with E-state index in [0.29, 0.717) is 23.0 Å². The second-order valence-corrected chi connectivity index (χ2v) is 8.79. The van der Waals surface area contributed by atoms with E-state index >= 15 is 0 Å². The molecule has 5 rings (SSSR count). The number of aromatic nitrogens is 4. The van der Waals surface area contributed by atoms with E-state index in [-0.39, 0.29) is 5.91 Å². The van der Waals surface area contributed by atoms with Gasteiger partial charge in [-0.3, -0.25) is 4.79 Å². The normalized spacial score (nSPS) is 11.1. The summed E-state index contributed by atoms with van der Waals surface area (Å²) in [7, 11) is 1.96. The molecule has 0 radical (unpaired) electrons. The second-order valence-electron chi connectivity index (χ2n) is 8.79. The van der Waals surface area contributed by atoms with Crippen LogP contribution >= 0.6 is 0 Å². The van der Waals surface area contributed by atoms with Crippen molar-refractivity contribution < 1.29 is 9.21 Å². The number of oxazole rings is 1. The van der Waals surface area contributed by atoms with Gasteiger partial charge >= 0.3 is 0 Å². The Morgan fingerprint density at radius 2 is 1.64 bits per heavy atom. The topological polar surface area (TPSA) is 112 Å². The Morgan fingerprint density at radius 1 is 1.00 bits per heavy atom. The highest BCUT2D eigenvalue weighted by atomic mass is 16.4. The van der Waals surface area contributed by atoms with Crippen LogP contribution in [0.2, 0.25) is 0 Å². The molecule has 3 heterocycles. The molecule has 0 saturated carbocycles. The van der Waals surface area contributed by atoms with Gasteiger partial charge in [0.25, 0.3) is 5.91 Å². The Hall–Kier alpha value is -4.72. The summed E-state index contributed by atoms with van der Waals surface area (Å²) in [6, 6.07) is 15.7. The van der Waals surface area contributed by atoms with Crippen molar-refractivity contribution >= 4 is 28.4 Å². The molecule has 3 aromatic heterocycles. The Bertz CT molecular complexity index is 1610. The molecule has 0 fully saturated rings. The first-order valence-electron chi connectivity index (χ1n) is 11.5. The second kappa shape index (κ2) is 8.81. The third-order valence-electron chi connectivity index (χ3n) is 6.25. The van der Waals surface area contributed by atoms with Crippen molar-refractivity contribution in [3.63, 3.8) is 0 Å². The summed E-state index contributed by atoms with van der Waals surface area (Å²) in [6.07, 6.45) is 1.47. The van der Waals surface area contributed by atoms with Gasteiger partial charge in [-0.25, -0.2) is 15.0 Å². The van der Waals surface area contributed by atoms with E-state index in [1.807, 2.05) is 74.0 Å². The zero-order valence-corrected chi connectivity index (χ0v) is 20.6. The van der Waals surface area contributed by atoms with Crippen molar-refractivity contribution in [2.75, 3.05) is 11.1 Å². The van der Waals surface area contributed by atoms with Crippen molar-refractivity contribution in [1.29, 1.82) is 0 Å². The molecule has 180 valence electrons. The molecule has 5 aromatic rings. The molecule has 0 aliphatic carbocycles. The van der Waals surface area contributed by atoms with Gasteiger partial charge in [0, 0.05) is 29.4 Å². The van der Waals surface area contributed by atoms with Crippen molar-refractivity contribution in [3.8, 4) is 33.8 Å². The maximum atomic E-state index is 12.0. The minimum absolute atomic E-state index is 0.215. The Labute approximate surface area is 208 Å². The van der Waals surface area contributed by atoms with Gasteiger partial charge in [0.1, 0.15) is 23.6 Å². The smallest absolute Gasteiger partial charge is 0.250 e. The lowest BCUT2D eigenvalue weighted by Crippen LogP contribution is -2.11. The van der Waals surface area contributed by atoms with Crippen LogP contribution in [0.5, 0.6) is 0 Å². The predicted molar refractivity (Wildman–Crippen MR) is 142 cm³/mol. The quantitative estimate of drug-likeness (QED) is 0.315. The molecule has 8 nitrogen and oxygen atoms in total. The average Bonchev–Trinajstić information content (AvgIpc) is 3.36. The van der Waals surface area contributed by atoms with E-state index in [4.69, 9.17) is 10.2 Å². The van der Waals surface area contributed by atoms with Crippen molar-refractivity contribution in [2.24, 2.45) is 7.05 Å². The monoisotopic (exact) mass is 478 g/mol. The summed E-state index contributed by atoms with van der Waals surface area (Å²) in [5.74, 6) is 1.58. The molecule has 0 aliphatic heterocycles. The van der Waals surface area contributed by atoms with Gasteiger partial charge in [0.2, 0.25) is 5.89 Å². The number of hydrogen-bond donors (Lipinski definition) is 2. The molecule has 1 amide bonds. The first-order valence-corrected chi connectivity index (χ1v) is 11.5. The van der Waals surface area contributed by atoms with E-state index < -0.39 is 0 Å². The molecule has 2 aromatic carbocycles. The van der Waals surface area contributed by atoms with Crippen LogP contribution in [0.25, 0.3) is 44.9 Å². The van der Waals surface area contributed by atoms with Crippen LogP contribution in [-0.2, 0) is 11.8 Å². The molecule has 0 bridgehead atoms. The summed E-state index contributed by atoms with van der Waals surface area (Å²) < 4.78 is 7.81. The van der Waals surface area contributed by atoms with Gasteiger partial charge in [-0.1, -0.05) is 30.8 Å². The number of rotatable bonds is 5. The largest absolute Gasteiger partial charge is 0.441 e. The first-order chi connectivity index (χ1) is 17.2. The number of anilines is 2. The lowest BCUT2D eigenvalue weighted by Gasteiger charge is -2.11. The van der Waals surface area contributed by atoms with Crippen LogP contribution in [0.1, 0.15) is 18.4 Å². The number of nitrogens with one attached hydrogen (secondary N) is 1. The predicted octanol–water partition coefficient (Wildman–Crippen LogP) is 5.67. The van der Waals surface area contributed by atoms with Gasteiger partial charge in [-0.05, 0) is 56.2 Å². The standard InChI is InChI=1S/C28H26N6O2/c1-15(2)27(35)33-21-12-10-19(11-13-21)24-22(23-25(29)30-14-31-26(23)34(24)5)18-6-8-20(9-7-18)28-32-16(3)17(4)36-28/h6-14H,1H2,2-5H3,(H,33,35)(H2,29,30,31). The maximum absolute atomic E-state index is 12.0. The van der Waals surface area contributed by atoms with Crippen molar-refractivity contribution in [1.82, 2.24) is 19.5 Å². The summed E-state index contributed by atoms with van der Waals surface area (Å²) in [5.41, 5.74) is 13.8. The van der Waals surface area contributed by atoms with Crippen LogP contribution in [0.15, 0.2) is 71.4 Å². The molecule has 36 heavy (non-hydrogen) atoms. The molecule has 0 unspecified atom stereocenters. The van der Waals surface area contributed by atoms with Gasteiger partial charge in [0.05, 0.1) is 16.8 Å². The third kappa shape index (κ3) is 3.92. The zero-order chi connectivity index (χ0) is 25.6. The van der Waals surface area contributed by atoms with E-state index in [0.717, 1.165) is 50.4 Å². The SMILES string of the molecule is C=C(C)C(=O)Nc1ccc(-c2c(-c3ccc(-c4nc(C)c(C)o4)cc3)c3c(N)ncnc3n2C)cc1. The molecule has 8 heteroatoms. The number of fused-ring (bicyclic) bond motifs is 1. The Kier molecular flexibility index (Phi) is 5.64. The van der Waals surface area contributed by atoms with Crippen LogP contribution in [-0.4, -0.2) is 25.4 Å². The van der Waals surface area contributed by atoms with Gasteiger partial charge in [-0.2, -0.15) is 0 Å². The zero-order valence-electron chi connectivity index (χ0n) is 20.6. The summed E-state index contributed by atoms with van der Waals surface area (Å²) >= 11 is 0. The summed E-state index contributed by atoms with van der Waals surface area (Å²) in [6.45, 7) is 9.19. The molecule has 0 saturated heterocycles. The number of benzene rings is 2. The van der Waals surface area contributed by atoms with Crippen LogP contribution in [0.3, 0.4) is 0 Å². The van der Waals surface area contributed by atoms with E-state index in [1.165, 1.54) is 6.33 Å². The molecular formula is C28H26N6O2. The number of hydrogen-bond acceptors (Lipinski definition) is 6. The van der Waals surface area contributed by atoms with Gasteiger partial charge in [0.15, 0.2) is 0 Å². The molecule has 0 aliphatic rings. The van der Waals surface area contributed by atoms with Crippen LogP contribution in [0.4, 0.5) is 11.5 Å². The molecular weight excluding hydrogens is 452 g/mol. The average molecular weight is 479 g/mol. The number of nitrogens with two attached hydrogens (primary N) is 1. The molecule has 0 spiro atoms. The fraction of sp³-hybridized carbons (Fsp3) is 0.143. The highest BCUT2D eigenvalue weighted by molar-refractivity contribution is 6.08. The lowest BCUT2D eigenvalue weighted by molar-refractivity contribution is -0.112. The number of carbonyl (C=O) groups is 1. The highest BCUT2D eigenvalue weighted by Gasteiger charge is 2.22. The van der Waals surface area contributed by atoms with E-state index in [9.17, 15) is 4.79 Å². The van der Waals surface area contributed by atoms with E-state index in [1.54, 1.807) is 6.92 Å². The minimum atomic E-state index is -0.215. The first kappa shape index (κ1) is 23.0. The third-order valence-corrected chi connectivity index (χ3v) is 6.25. The Morgan fingerprint density at radius 3 is 2.25 bits per heavy atom. The maximum Gasteiger partial charge on any atom is 0.250 e. The number of nitrogens with zero attached hydrogens (tertiary/aromatic N) is 4. The van der Waals surface area contributed by atoms with Gasteiger partial charge < -0.3 is 20.0 Å². The number of nitrogen functional groups attached to an aromatic ring is 1. The fourth-order valence-corrected chi connectivity index (χ4v) is 4.22.